The van der Waals surface area contributed by atoms with Gasteiger partial charge in [0.05, 0.1) is 34.1 Å². The number of hydrogen-bond donors (Lipinski definition) is 3. The van der Waals surface area contributed by atoms with Crippen molar-refractivity contribution < 1.29 is 10.2 Å². The second kappa shape index (κ2) is 8.00. The minimum absolute atomic E-state index is 0.00597. The van der Waals surface area contributed by atoms with Crippen LogP contribution in [0.15, 0.2) is 18.2 Å². The Morgan fingerprint density at radius 2 is 1.97 bits per heavy atom. The van der Waals surface area contributed by atoms with Gasteiger partial charge in [-0.15, -0.1) is 0 Å². The van der Waals surface area contributed by atoms with Crippen LogP contribution in [0.1, 0.15) is 37.1 Å². The first kappa shape index (κ1) is 20.8. The topological polar surface area (TPSA) is 95.5 Å². The average Bonchev–Trinajstić information content (AvgIpc) is 2.97. The smallest absolute Gasteiger partial charge is 0.153 e. The van der Waals surface area contributed by atoms with E-state index in [1.54, 1.807) is 6.07 Å². The highest BCUT2D eigenvalue weighted by atomic mass is 35.5. The Bertz CT molecular complexity index is 916. The number of hydrogen-bond acceptors (Lipinski definition) is 6. The van der Waals surface area contributed by atoms with Crippen LogP contribution in [0.4, 0.5) is 5.82 Å². The van der Waals surface area contributed by atoms with E-state index >= 15 is 0 Å². The molecule has 0 bridgehead atoms. The number of benzene rings is 1. The predicted molar refractivity (Wildman–Crippen MR) is 115 cm³/mol. The minimum atomic E-state index is -0.298. The molecule has 1 aromatic carbocycles. The van der Waals surface area contributed by atoms with Crippen LogP contribution < -0.4 is 10.6 Å². The lowest BCUT2D eigenvalue weighted by Crippen LogP contribution is -2.47. The number of aliphatic hydroxyl groups excluding tert-OH is 2. The number of rotatable bonds is 3. The van der Waals surface area contributed by atoms with E-state index in [0.717, 1.165) is 38.0 Å². The molecule has 156 valence electrons. The molecule has 0 amide bonds. The molecule has 1 spiro atoms. The molecule has 1 aliphatic heterocycles. The third kappa shape index (κ3) is 3.73. The summed E-state index contributed by atoms with van der Waals surface area (Å²) in [5, 5.41) is 20.9. The molecule has 1 aromatic heterocycles. The van der Waals surface area contributed by atoms with Gasteiger partial charge in [0.1, 0.15) is 5.69 Å². The molecule has 2 aliphatic rings. The zero-order valence-corrected chi connectivity index (χ0v) is 17.9. The molecule has 1 saturated heterocycles. The normalized spacial score (nSPS) is 23.7. The largest absolute Gasteiger partial charge is 0.393 e. The lowest BCUT2D eigenvalue weighted by Gasteiger charge is -2.42. The Morgan fingerprint density at radius 3 is 2.59 bits per heavy atom. The highest BCUT2D eigenvalue weighted by molar-refractivity contribution is 6.43. The third-order valence-electron chi connectivity index (χ3n) is 6.49. The predicted octanol–water partition coefficient (Wildman–Crippen LogP) is 3.32. The van der Waals surface area contributed by atoms with Crippen molar-refractivity contribution in [2.24, 2.45) is 11.1 Å². The van der Waals surface area contributed by atoms with Crippen molar-refractivity contribution in [3.8, 4) is 11.3 Å². The van der Waals surface area contributed by atoms with E-state index in [1.165, 1.54) is 0 Å². The first-order chi connectivity index (χ1) is 13.8. The molecule has 0 unspecified atom stereocenters. The van der Waals surface area contributed by atoms with Crippen LogP contribution in [0.5, 0.6) is 0 Å². The highest BCUT2D eigenvalue weighted by Crippen LogP contribution is 2.46. The van der Waals surface area contributed by atoms with Crippen LogP contribution in [-0.4, -0.2) is 45.4 Å². The summed E-state index contributed by atoms with van der Waals surface area (Å²) >= 11 is 12.5. The molecule has 8 heteroatoms. The van der Waals surface area contributed by atoms with E-state index in [0.29, 0.717) is 39.2 Å². The van der Waals surface area contributed by atoms with Crippen LogP contribution in [0.25, 0.3) is 11.3 Å². The summed E-state index contributed by atoms with van der Waals surface area (Å²) < 4.78 is 0. The Hall–Kier alpha value is -1.44. The number of aryl methyl sites for hydroxylation is 1. The third-order valence-corrected chi connectivity index (χ3v) is 7.31. The van der Waals surface area contributed by atoms with Crippen LogP contribution in [0.3, 0.4) is 0 Å². The lowest BCUT2D eigenvalue weighted by atomic mass is 9.74. The van der Waals surface area contributed by atoms with Gasteiger partial charge in [-0.1, -0.05) is 35.3 Å². The number of nitrogens with zero attached hydrogens (tertiary/aromatic N) is 3. The Kier molecular flexibility index (Phi) is 5.75. The molecule has 1 saturated carbocycles. The second-order valence-electron chi connectivity index (χ2n) is 8.24. The summed E-state index contributed by atoms with van der Waals surface area (Å²) in [4.78, 5) is 11.6. The van der Waals surface area contributed by atoms with Crippen molar-refractivity contribution in [2.75, 3.05) is 18.0 Å². The zero-order chi connectivity index (χ0) is 20.8. The standard InChI is InChI=1S/C21H26Cl2N4O2/c1-12-19(14-3-2-4-15(22)18(14)23)26-16(11-28)20(25-12)27-7-5-21(6-8-27)10-13(29)9-17(21)24/h2-4,13,17,28-29H,5-11,24H2,1H3/t13-,17-/m1/s1. The number of anilines is 1. The maximum Gasteiger partial charge on any atom is 0.153 e. The molecule has 1 aliphatic carbocycles. The Labute approximate surface area is 180 Å². The monoisotopic (exact) mass is 436 g/mol. The highest BCUT2D eigenvalue weighted by Gasteiger charge is 2.46. The van der Waals surface area contributed by atoms with Crippen LogP contribution in [0.2, 0.25) is 10.0 Å². The van der Waals surface area contributed by atoms with Crippen molar-refractivity contribution in [3.05, 3.63) is 39.6 Å². The van der Waals surface area contributed by atoms with Gasteiger partial charge in [0.25, 0.3) is 0 Å². The first-order valence-electron chi connectivity index (χ1n) is 9.96. The van der Waals surface area contributed by atoms with E-state index in [9.17, 15) is 10.2 Å². The molecule has 29 heavy (non-hydrogen) atoms. The van der Waals surface area contributed by atoms with E-state index in [2.05, 4.69) is 4.90 Å². The van der Waals surface area contributed by atoms with Crippen molar-refractivity contribution in [1.82, 2.24) is 9.97 Å². The SMILES string of the molecule is Cc1nc(N2CCC3(CC2)C[C@H](O)C[C@H]3N)c(CO)nc1-c1cccc(Cl)c1Cl. The Morgan fingerprint density at radius 1 is 1.24 bits per heavy atom. The summed E-state index contributed by atoms with van der Waals surface area (Å²) in [7, 11) is 0. The zero-order valence-electron chi connectivity index (χ0n) is 16.4. The van der Waals surface area contributed by atoms with E-state index < -0.39 is 0 Å². The average molecular weight is 437 g/mol. The molecular weight excluding hydrogens is 411 g/mol. The van der Waals surface area contributed by atoms with Gasteiger partial charge in [0, 0.05) is 24.7 Å². The maximum atomic E-state index is 10.0. The number of aliphatic hydroxyl groups is 2. The summed E-state index contributed by atoms with van der Waals surface area (Å²) in [6.07, 6.45) is 2.95. The van der Waals surface area contributed by atoms with E-state index in [4.69, 9.17) is 38.9 Å². The number of aromatic nitrogens is 2. The van der Waals surface area contributed by atoms with Crippen molar-refractivity contribution >= 4 is 29.0 Å². The van der Waals surface area contributed by atoms with Crippen molar-refractivity contribution in [2.45, 2.75) is 51.4 Å². The molecule has 2 heterocycles. The van der Waals surface area contributed by atoms with Gasteiger partial charge in [0.15, 0.2) is 5.82 Å². The molecule has 2 atom stereocenters. The van der Waals surface area contributed by atoms with E-state index in [1.807, 2.05) is 19.1 Å². The van der Waals surface area contributed by atoms with Crippen LogP contribution >= 0.6 is 23.2 Å². The molecular formula is C21H26Cl2N4O2. The first-order valence-corrected chi connectivity index (χ1v) is 10.7. The maximum absolute atomic E-state index is 10.0. The fourth-order valence-electron chi connectivity index (χ4n) is 4.83. The second-order valence-corrected chi connectivity index (χ2v) is 9.02. The van der Waals surface area contributed by atoms with Crippen molar-refractivity contribution in [1.29, 1.82) is 0 Å². The number of halogens is 2. The fourth-order valence-corrected chi connectivity index (χ4v) is 5.22. The van der Waals surface area contributed by atoms with Gasteiger partial charge in [-0.2, -0.15) is 0 Å². The van der Waals surface area contributed by atoms with Gasteiger partial charge in [-0.25, -0.2) is 9.97 Å². The van der Waals surface area contributed by atoms with Gasteiger partial charge in [-0.05, 0) is 44.1 Å². The summed E-state index contributed by atoms with van der Waals surface area (Å²) in [5.74, 6) is 0.703. The molecule has 0 radical (unpaired) electrons. The van der Waals surface area contributed by atoms with Crippen LogP contribution in [-0.2, 0) is 6.61 Å². The van der Waals surface area contributed by atoms with Gasteiger partial charge in [0.2, 0.25) is 0 Å². The number of piperidine rings is 1. The minimum Gasteiger partial charge on any atom is -0.393 e. The molecule has 2 fully saturated rings. The van der Waals surface area contributed by atoms with Crippen molar-refractivity contribution in [3.63, 3.8) is 0 Å². The van der Waals surface area contributed by atoms with Gasteiger partial charge >= 0.3 is 0 Å². The molecule has 4 rings (SSSR count). The van der Waals surface area contributed by atoms with Crippen LogP contribution in [0, 0.1) is 12.3 Å². The summed E-state index contributed by atoms with van der Waals surface area (Å²) in [6.45, 7) is 3.23. The quantitative estimate of drug-likeness (QED) is 0.682. The molecule has 2 aromatic rings. The lowest BCUT2D eigenvalue weighted by molar-refractivity contribution is 0.141. The summed E-state index contributed by atoms with van der Waals surface area (Å²) in [5.41, 5.74) is 8.93. The Balaban J connectivity index is 1.63. The number of nitrogens with two attached hydrogens (primary N) is 1. The van der Waals surface area contributed by atoms with E-state index in [-0.39, 0.29) is 24.2 Å². The van der Waals surface area contributed by atoms with Gasteiger partial charge < -0.3 is 20.8 Å². The summed E-state index contributed by atoms with van der Waals surface area (Å²) in [6, 6.07) is 5.44. The fraction of sp³-hybridized carbons (Fsp3) is 0.524. The molecule has 4 N–H and O–H groups in total. The molecule has 6 nitrogen and oxygen atoms in total. The van der Waals surface area contributed by atoms with Gasteiger partial charge in [-0.3, -0.25) is 0 Å².